The number of furan rings is 1. The van der Waals surface area contributed by atoms with Gasteiger partial charge in [-0.1, -0.05) is 11.6 Å². The molecular weight excluding hydrogens is 449 g/mol. The molecule has 0 saturated heterocycles. The quantitative estimate of drug-likeness (QED) is 0.554. The molecule has 0 spiro atoms. The van der Waals surface area contributed by atoms with Gasteiger partial charge < -0.3 is 15.1 Å². The van der Waals surface area contributed by atoms with Crippen LogP contribution in [0.3, 0.4) is 0 Å². The first-order valence-electron chi connectivity index (χ1n) is 8.83. The van der Waals surface area contributed by atoms with E-state index in [9.17, 15) is 22.4 Å². The van der Waals surface area contributed by atoms with Crippen molar-refractivity contribution in [1.82, 2.24) is 4.31 Å². The predicted octanol–water partition coefficient (Wildman–Crippen LogP) is 3.58. The lowest BCUT2D eigenvalue weighted by molar-refractivity contribution is -0.116. The molecule has 11 heteroatoms. The van der Waals surface area contributed by atoms with Crippen LogP contribution in [0, 0.1) is 5.82 Å². The number of rotatable bonds is 7. The third kappa shape index (κ3) is 5.48. The van der Waals surface area contributed by atoms with Crippen LogP contribution in [-0.2, 0) is 14.8 Å². The van der Waals surface area contributed by atoms with Crippen molar-refractivity contribution in [1.29, 1.82) is 0 Å². The van der Waals surface area contributed by atoms with Crippen molar-refractivity contribution in [3.8, 4) is 0 Å². The summed E-state index contributed by atoms with van der Waals surface area (Å²) in [6.07, 6.45) is 1.34. The maximum Gasteiger partial charge on any atom is 0.291 e. The first-order valence-corrected chi connectivity index (χ1v) is 10.6. The van der Waals surface area contributed by atoms with Crippen LogP contribution >= 0.6 is 11.6 Å². The Balaban J connectivity index is 1.72. The summed E-state index contributed by atoms with van der Waals surface area (Å²) in [6.45, 7) is -0.520. The minimum absolute atomic E-state index is 0.0578. The molecule has 0 aliphatic heterocycles. The van der Waals surface area contributed by atoms with Gasteiger partial charge in [-0.05, 0) is 54.6 Å². The Hall–Kier alpha value is -3.21. The Kier molecular flexibility index (Phi) is 6.74. The van der Waals surface area contributed by atoms with Gasteiger partial charge in [0.15, 0.2) is 5.76 Å². The molecule has 0 fully saturated rings. The molecule has 0 bridgehead atoms. The number of halogens is 2. The number of hydrogen-bond acceptors (Lipinski definition) is 5. The summed E-state index contributed by atoms with van der Waals surface area (Å²) in [5.74, 6) is -1.74. The molecule has 0 aliphatic rings. The molecule has 1 heterocycles. The molecule has 2 N–H and O–H groups in total. The van der Waals surface area contributed by atoms with E-state index < -0.39 is 34.2 Å². The molecule has 2 amide bonds. The number of sulfonamides is 1. The first kappa shape index (κ1) is 22.5. The normalized spacial score (nSPS) is 11.4. The van der Waals surface area contributed by atoms with Crippen molar-refractivity contribution < 1.29 is 26.8 Å². The Morgan fingerprint density at radius 1 is 1.06 bits per heavy atom. The van der Waals surface area contributed by atoms with Crippen molar-refractivity contribution >= 4 is 44.8 Å². The lowest BCUT2D eigenvalue weighted by atomic mass is 10.2. The Bertz CT molecular complexity index is 1200. The van der Waals surface area contributed by atoms with Crippen molar-refractivity contribution in [3.05, 3.63) is 77.5 Å². The monoisotopic (exact) mass is 465 g/mol. The summed E-state index contributed by atoms with van der Waals surface area (Å²) >= 11 is 5.98. The molecule has 3 rings (SSSR count). The van der Waals surface area contributed by atoms with Crippen molar-refractivity contribution in [2.45, 2.75) is 4.90 Å². The molecule has 1 aromatic heterocycles. The summed E-state index contributed by atoms with van der Waals surface area (Å²) in [7, 11) is -2.78. The van der Waals surface area contributed by atoms with E-state index >= 15 is 0 Å². The van der Waals surface area contributed by atoms with Gasteiger partial charge in [0, 0.05) is 12.1 Å². The van der Waals surface area contributed by atoms with Gasteiger partial charge in [0.2, 0.25) is 15.9 Å². The molecule has 0 aliphatic carbocycles. The van der Waals surface area contributed by atoms with Crippen LogP contribution in [0.5, 0.6) is 0 Å². The number of nitrogens with zero attached hydrogens (tertiary/aromatic N) is 1. The second kappa shape index (κ2) is 9.29. The number of carbonyl (C=O) groups is 2. The van der Waals surface area contributed by atoms with E-state index in [0.717, 1.165) is 28.6 Å². The average Bonchev–Trinajstić information content (AvgIpc) is 3.25. The molecule has 0 atom stereocenters. The standard InChI is InChI=1S/C20H17ClFN3O5S/c1-25(31(28,29)15-7-5-14(22)6-8-15)12-19(26)23-16-9-4-13(21)11-17(16)24-20(27)18-3-2-10-30-18/h2-11H,12H2,1H3,(H,23,26)(H,24,27). The highest BCUT2D eigenvalue weighted by molar-refractivity contribution is 7.89. The average molecular weight is 466 g/mol. The number of likely N-dealkylation sites (N-methyl/N-ethyl adjacent to an activating group) is 1. The van der Waals surface area contributed by atoms with Crippen LogP contribution in [0.1, 0.15) is 10.6 Å². The van der Waals surface area contributed by atoms with Gasteiger partial charge in [-0.25, -0.2) is 12.8 Å². The molecule has 2 aromatic carbocycles. The zero-order valence-electron chi connectivity index (χ0n) is 16.1. The number of nitrogens with one attached hydrogen (secondary N) is 2. The number of benzene rings is 2. The third-order valence-electron chi connectivity index (χ3n) is 4.14. The molecule has 8 nitrogen and oxygen atoms in total. The fourth-order valence-corrected chi connectivity index (χ4v) is 3.88. The summed E-state index contributed by atoms with van der Waals surface area (Å²) in [6, 6.07) is 11.7. The molecular formula is C20H17ClFN3O5S. The van der Waals surface area contributed by atoms with Crippen LogP contribution in [0.15, 0.2) is 70.2 Å². The first-order chi connectivity index (χ1) is 14.7. The van der Waals surface area contributed by atoms with E-state index in [1.807, 2.05) is 0 Å². The maximum atomic E-state index is 13.1. The van der Waals surface area contributed by atoms with E-state index in [1.165, 1.54) is 37.6 Å². The van der Waals surface area contributed by atoms with Gasteiger partial charge in [-0.15, -0.1) is 0 Å². The highest BCUT2D eigenvalue weighted by Gasteiger charge is 2.23. The summed E-state index contributed by atoms with van der Waals surface area (Å²) in [4.78, 5) is 24.6. The van der Waals surface area contributed by atoms with Crippen molar-refractivity contribution in [2.24, 2.45) is 0 Å². The van der Waals surface area contributed by atoms with Gasteiger partial charge >= 0.3 is 0 Å². The SMILES string of the molecule is CN(CC(=O)Nc1ccc(Cl)cc1NC(=O)c1ccco1)S(=O)(=O)c1ccc(F)cc1. The molecule has 3 aromatic rings. The lowest BCUT2D eigenvalue weighted by Crippen LogP contribution is -2.35. The minimum atomic E-state index is -4.01. The van der Waals surface area contributed by atoms with Crippen LogP contribution in [0.2, 0.25) is 5.02 Å². The zero-order chi connectivity index (χ0) is 22.6. The van der Waals surface area contributed by atoms with Crippen LogP contribution < -0.4 is 10.6 Å². The second-order valence-corrected chi connectivity index (χ2v) is 8.87. The van der Waals surface area contributed by atoms with Gasteiger partial charge in [-0.2, -0.15) is 4.31 Å². The largest absolute Gasteiger partial charge is 0.459 e. The Labute approximate surface area is 182 Å². The molecule has 0 radical (unpaired) electrons. The van der Waals surface area contributed by atoms with E-state index in [4.69, 9.17) is 16.0 Å². The van der Waals surface area contributed by atoms with Gasteiger partial charge in [0.05, 0.1) is 29.1 Å². The third-order valence-corrected chi connectivity index (χ3v) is 6.19. The van der Waals surface area contributed by atoms with Gasteiger partial charge in [-0.3, -0.25) is 9.59 Å². The summed E-state index contributed by atoms with van der Waals surface area (Å²) in [5.41, 5.74) is 0.410. The van der Waals surface area contributed by atoms with Crippen LogP contribution in [-0.4, -0.2) is 38.1 Å². The van der Waals surface area contributed by atoms with E-state index in [1.54, 1.807) is 6.07 Å². The smallest absolute Gasteiger partial charge is 0.291 e. The highest BCUT2D eigenvalue weighted by atomic mass is 35.5. The number of anilines is 2. The minimum Gasteiger partial charge on any atom is -0.459 e. The van der Waals surface area contributed by atoms with Crippen molar-refractivity contribution in [3.63, 3.8) is 0 Å². The topological polar surface area (TPSA) is 109 Å². The zero-order valence-corrected chi connectivity index (χ0v) is 17.7. The van der Waals surface area contributed by atoms with Crippen LogP contribution in [0.25, 0.3) is 0 Å². The second-order valence-electron chi connectivity index (χ2n) is 6.38. The van der Waals surface area contributed by atoms with Crippen LogP contribution in [0.4, 0.5) is 15.8 Å². The fourth-order valence-electron chi connectivity index (χ4n) is 2.58. The van der Waals surface area contributed by atoms with E-state index in [-0.39, 0.29) is 22.0 Å². The number of hydrogen-bond donors (Lipinski definition) is 2. The molecule has 31 heavy (non-hydrogen) atoms. The Morgan fingerprint density at radius 3 is 2.42 bits per heavy atom. The molecule has 0 saturated carbocycles. The predicted molar refractivity (Wildman–Crippen MR) is 113 cm³/mol. The Morgan fingerprint density at radius 2 is 1.77 bits per heavy atom. The maximum absolute atomic E-state index is 13.1. The van der Waals surface area contributed by atoms with Gasteiger partial charge in [0.25, 0.3) is 5.91 Å². The molecule has 0 unspecified atom stereocenters. The van der Waals surface area contributed by atoms with E-state index in [0.29, 0.717) is 5.02 Å². The fraction of sp³-hybridized carbons (Fsp3) is 0.100. The van der Waals surface area contributed by atoms with Crippen molar-refractivity contribution in [2.75, 3.05) is 24.2 Å². The van der Waals surface area contributed by atoms with Gasteiger partial charge in [0.1, 0.15) is 5.82 Å². The summed E-state index contributed by atoms with van der Waals surface area (Å²) < 4.78 is 44.0. The summed E-state index contributed by atoms with van der Waals surface area (Å²) in [5, 5.41) is 5.43. The number of carbonyl (C=O) groups excluding carboxylic acids is 2. The number of amides is 2. The van der Waals surface area contributed by atoms with E-state index in [2.05, 4.69) is 10.6 Å². The lowest BCUT2D eigenvalue weighted by Gasteiger charge is -2.18. The molecule has 162 valence electrons. The highest BCUT2D eigenvalue weighted by Crippen LogP contribution is 2.26.